The average Bonchev–Trinajstić information content (AvgIpc) is 3.06. The average molecular weight is 367 g/mol. The summed E-state index contributed by atoms with van der Waals surface area (Å²) in [4.78, 5) is 2.98. The molecule has 5 nitrogen and oxygen atoms in total. The van der Waals surface area contributed by atoms with E-state index in [1.807, 2.05) is 61.5 Å². The number of aryl methyl sites for hydroxylation is 1. The second-order valence-corrected chi connectivity index (χ2v) is 6.75. The van der Waals surface area contributed by atoms with Crippen molar-refractivity contribution >= 4 is 28.6 Å². The molecule has 0 atom stereocenters. The zero-order valence-corrected chi connectivity index (χ0v) is 15.9. The Balaban J connectivity index is 1.74. The van der Waals surface area contributed by atoms with Crippen molar-refractivity contribution < 1.29 is 4.57 Å². The molecule has 2 aromatic carbocycles. The lowest BCUT2D eigenvalue weighted by Crippen LogP contribution is -2.30. The number of hydrazine groups is 1. The summed E-state index contributed by atoms with van der Waals surface area (Å²) in [6.45, 7) is 3.36. The molecule has 2 N–H and O–H groups in total. The second-order valence-electron chi connectivity index (χ2n) is 6.16. The third-order valence-corrected chi connectivity index (χ3v) is 4.29. The topological polar surface area (TPSA) is 36.1 Å². The lowest BCUT2D eigenvalue weighted by Gasteiger charge is -2.26. The number of rotatable bonds is 7. The molecule has 0 amide bonds. The minimum atomic E-state index is 0.657. The Morgan fingerprint density at radius 3 is 2.54 bits per heavy atom. The summed E-state index contributed by atoms with van der Waals surface area (Å²) >= 11 is 5.52. The summed E-state index contributed by atoms with van der Waals surface area (Å²) in [5, 5.41) is 0. The Morgan fingerprint density at radius 1 is 1.12 bits per heavy atom. The third kappa shape index (κ3) is 4.68. The molecule has 0 unspecified atom stereocenters. The van der Waals surface area contributed by atoms with Crippen LogP contribution in [0.3, 0.4) is 0 Å². The van der Waals surface area contributed by atoms with Crippen molar-refractivity contribution in [1.82, 2.24) is 9.99 Å². The molecule has 1 aromatic heterocycles. The van der Waals surface area contributed by atoms with Crippen LogP contribution >= 0.6 is 12.2 Å². The van der Waals surface area contributed by atoms with Crippen molar-refractivity contribution in [3.63, 3.8) is 0 Å². The van der Waals surface area contributed by atoms with Gasteiger partial charge < -0.3 is 10.3 Å². The highest BCUT2D eigenvalue weighted by molar-refractivity contribution is 7.80. The quantitative estimate of drug-likeness (QED) is 0.382. The predicted octanol–water partition coefficient (Wildman–Crippen LogP) is 3.24. The SMILES string of the molecule is CC(=S)N(Cc1ccccc1)c1ccccc1NNCn1cc[n+](C)c1. The Labute approximate surface area is 159 Å². The molecule has 0 saturated heterocycles. The van der Waals surface area contributed by atoms with Crippen LogP contribution in [-0.4, -0.2) is 9.56 Å². The van der Waals surface area contributed by atoms with Gasteiger partial charge in [0.25, 0.3) is 0 Å². The molecule has 0 aliphatic heterocycles. The van der Waals surface area contributed by atoms with Crippen LogP contribution in [0.5, 0.6) is 0 Å². The van der Waals surface area contributed by atoms with E-state index >= 15 is 0 Å². The Kier molecular flexibility index (Phi) is 5.99. The smallest absolute Gasteiger partial charge is 0.244 e. The largest absolute Gasteiger partial charge is 0.330 e. The molecule has 0 aliphatic carbocycles. The predicted molar refractivity (Wildman–Crippen MR) is 110 cm³/mol. The van der Waals surface area contributed by atoms with Crippen LogP contribution in [0.25, 0.3) is 0 Å². The van der Waals surface area contributed by atoms with E-state index in [2.05, 4.69) is 50.7 Å². The van der Waals surface area contributed by atoms with Gasteiger partial charge >= 0.3 is 0 Å². The normalized spacial score (nSPS) is 10.5. The standard InChI is InChI=1S/C20H24N5S/c1-17(26)25(14-18-8-4-3-5-9-18)20-11-7-6-10-19(20)22-21-15-24-13-12-23(2)16-24/h3-13,16,21-22H,14-15H2,1-2H3/q+1. The van der Waals surface area contributed by atoms with Crippen molar-refractivity contribution in [2.24, 2.45) is 7.05 Å². The molecule has 0 saturated carbocycles. The molecule has 3 aromatic rings. The van der Waals surface area contributed by atoms with E-state index in [1.54, 1.807) is 0 Å². The number of hydrogen-bond acceptors (Lipinski definition) is 3. The van der Waals surface area contributed by atoms with E-state index < -0.39 is 0 Å². The minimum absolute atomic E-state index is 0.657. The first-order chi connectivity index (χ1) is 12.6. The number of para-hydroxylation sites is 2. The fourth-order valence-electron chi connectivity index (χ4n) is 2.77. The van der Waals surface area contributed by atoms with Crippen molar-refractivity contribution in [1.29, 1.82) is 0 Å². The number of nitrogens with one attached hydrogen (secondary N) is 2. The van der Waals surface area contributed by atoms with E-state index in [0.29, 0.717) is 6.67 Å². The van der Waals surface area contributed by atoms with Gasteiger partial charge in [-0.25, -0.2) is 9.13 Å². The monoisotopic (exact) mass is 366 g/mol. The van der Waals surface area contributed by atoms with E-state index in [-0.39, 0.29) is 0 Å². The maximum atomic E-state index is 5.52. The number of imidazole rings is 1. The van der Waals surface area contributed by atoms with Gasteiger partial charge in [0.2, 0.25) is 6.33 Å². The minimum Gasteiger partial charge on any atom is -0.330 e. The molecule has 0 fully saturated rings. The van der Waals surface area contributed by atoms with Crippen molar-refractivity contribution in [3.05, 3.63) is 78.9 Å². The lowest BCUT2D eigenvalue weighted by molar-refractivity contribution is -0.671. The molecular weight excluding hydrogens is 342 g/mol. The van der Waals surface area contributed by atoms with E-state index in [0.717, 1.165) is 22.9 Å². The van der Waals surface area contributed by atoms with Crippen molar-refractivity contribution in [2.75, 3.05) is 10.3 Å². The molecule has 6 heteroatoms. The van der Waals surface area contributed by atoms with Crippen LogP contribution in [-0.2, 0) is 20.3 Å². The maximum Gasteiger partial charge on any atom is 0.244 e. The molecule has 0 aliphatic rings. The molecule has 0 radical (unpaired) electrons. The highest BCUT2D eigenvalue weighted by Crippen LogP contribution is 2.27. The van der Waals surface area contributed by atoms with Gasteiger partial charge in [-0.1, -0.05) is 54.7 Å². The fraction of sp³-hybridized carbons (Fsp3) is 0.200. The van der Waals surface area contributed by atoms with Crippen LogP contribution in [0.1, 0.15) is 12.5 Å². The first-order valence-electron chi connectivity index (χ1n) is 8.54. The molecule has 0 spiro atoms. The summed E-state index contributed by atoms with van der Waals surface area (Å²) < 4.78 is 4.06. The second kappa shape index (κ2) is 8.60. The summed E-state index contributed by atoms with van der Waals surface area (Å²) in [7, 11) is 2.00. The molecule has 3 rings (SSSR count). The van der Waals surface area contributed by atoms with E-state index in [9.17, 15) is 0 Å². The van der Waals surface area contributed by atoms with Gasteiger partial charge in [0.1, 0.15) is 12.4 Å². The first-order valence-corrected chi connectivity index (χ1v) is 8.95. The molecule has 0 bridgehead atoms. The third-order valence-electron chi connectivity index (χ3n) is 4.07. The van der Waals surface area contributed by atoms with Crippen LogP contribution in [0.2, 0.25) is 0 Å². The number of thiocarbonyl (C=S) groups is 1. The summed E-state index contributed by atoms with van der Waals surface area (Å²) in [6, 6.07) is 18.5. The van der Waals surface area contributed by atoms with E-state index in [1.165, 1.54) is 5.56 Å². The zero-order valence-electron chi connectivity index (χ0n) is 15.1. The van der Waals surface area contributed by atoms with Gasteiger partial charge in [0.05, 0.1) is 23.4 Å². The first kappa shape index (κ1) is 18.1. The molecule has 1 heterocycles. The van der Waals surface area contributed by atoms with Crippen molar-refractivity contribution in [2.45, 2.75) is 20.1 Å². The number of nitrogens with zero attached hydrogens (tertiary/aromatic N) is 3. The highest BCUT2D eigenvalue weighted by atomic mass is 32.1. The van der Waals surface area contributed by atoms with Gasteiger partial charge in [0, 0.05) is 6.54 Å². The number of hydrogen-bond donors (Lipinski definition) is 2. The van der Waals surface area contributed by atoms with Crippen molar-refractivity contribution in [3.8, 4) is 0 Å². The number of benzene rings is 2. The van der Waals surface area contributed by atoms with Gasteiger partial charge in [-0.05, 0) is 24.6 Å². The Morgan fingerprint density at radius 2 is 1.85 bits per heavy atom. The number of anilines is 2. The van der Waals surface area contributed by atoms with Crippen LogP contribution in [0.4, 0.5) is 11.4 Å². The Hall–Kier alpha value is -2.70. The van der Waals surface area contributed by atoms with Gasteiger partial charge in [0.15, 0.2) is 6.67 Å². The van der Waals surface area contributed by atoms with Crippen LogP contribution < -0.4 is 20.3 Å². The van der Waals surface area contributed by atoms with Crippen LogP contribution in [0, 0.1) is 0 Å². The zero-order chi connectivity index (χ0) is 18.4. The van der Waals surface area contributed by atoms with E-state index in [4.69, 9.17) is 12.2 Å². The van der Waals surface area contributed by atoms with Crippen LogP contribution in [0.15, 0.2) is 73.3 Å². The van der Waals surface area contributed by atoms with Gasteiger partial charge in [-0.2, -0.15) is 5.43 Å². The number of aromatic nitrogens is 2. The lowest BCUT2D eigenvalue weighted by atomic mass is 10.2. The maximum absolute atomic E-state index is 5.52. The highest BCUT2D eigenvalue weighted by Gasteiger charge is 2.13. The molecule has 26 heavy (non-hydrogen) atoms. The summed E-state index contributed by atoms with van der Waals surface area (Å²) in [5.74, 6) is 0. The fourth-order valence-corrected chi connectivity index (χ4v) is 2.93. The Bertz CT molecular complexity index is 859. The van der Waals surface area contributed by atoms with Gasteiger partial charge in [-0.15, -0.1) is 0 Å². The molecule has 134 valence electrons. The molecular formula is C20H24N5S+. The summed E-state index contributed by atoms with van der Waals surface area (Å²) in [5.41, 5.74) is 9.83. The van der Waals surface area contributed by atoms with Gasteiger partial charge in [-0.3, -0.25) is 0 Å². The summed E-state index contributed by atoms with van der Waals surface area (Å²) in [6.07, 6.45) is 6.04.